The minimum absolute atomic E-state index is 0.0538. The topological polar surface area (TPSA) is 71.2 Å². The summed E-state index contributed by atoms with van der Waals surface area (Å²) >= 11 is 0. The highest BCUT2D eigenvalue weighted by molar-refractivity contribution is 5.94. The van der Waals surface area contributed by atoms with Crippen LogP contribution in [0.5, 0.6) is 0 Å². The van der Waals surface area contributed by atoms with Gasteiger partial charge in [0.1, 0.15) is 0 Å². The molecule has 1 fully saturated rings. The predicted octanol–water partition coefficient (Wildman–Crippen LogP) is 1.14. The second-order valence-corrected chi connectivity index (χ2v) is 5.41. The summed E-state index contributed by atoms with van der Waals surface area (Å²) in [5, 5.41) is 2.96. The molecule has 0 saturated heterocycles. The van der Waals surface area contributed by atoms with Gasteiger partial charge in [0.05, 0.1) is 5.69 Å². The van der Waals surface area contributed by atoms with Gasteiger partial charge in [-0.05, 0) is 32.0 Å². The van der Waals surface area contributed by atoms with E-state index in [1.807, 2.05) is 0 Å². The van der Waals surface area contributed by atoms with Crippen molar-refractivity contribution in [3.63, 3.8) is 0 Å². The lowest BCUT2D eigenvalue weighted by Crippen LogP contribution is -2.37. The maximum Gasteiger partial charge on any atom is 0.251 e. The first-order valence-electron chi connectivity index (χ1n) is 7.34. The van der Waals surface area contributed by atoms with Crippen molar-refractivity contribution < 1.29 is 4.79 Å². The van der Waals surface area contributed by atoms with Crippen LogP contribution in [0, 0.1) is 0 Å². The fourth-order valence-electron chi connectivity index (χ4n) is 2.71. The monoisotopic (exact) mass is 276 g/mol. The van der Waals surface area contributed by atoms with Gasteiger partial charge in [-0.2, -0.15) is 0 Å². The Labute approximate surface area is 120 Å². The maximum absolute atomic E-state index is 12.0. The van der Waals surface area contributed by atoms with E-state index in [1.165, 1.54) is 25.7 Å². The quantitative estimate of drug-likeness (QED) is 0.817. The van der Waals surface area contributed by atoms with E-state index in [2.05, 4.69) is 22.2 Å². The minimum atomic E-state index is -0.0538. The van der Waals surface area contributed by atoms with Gasteiger partial charge in [0.15, 0.2) is 0 Å². The normalized spacial score (nSPS) is 15.8. The lowest BCUT2D eigenvalue weighted by molar-refractivity contribution is 0.0947. The first-order valence-corrected chi connectivity index (χ1v) is 7.34. The van der Waals surface area contributed by atoms with E-state index in [4.69, 9.17) is 5.73 Å². The molecule has 1 aliphatic rings. The Hall–Kier alpha value is -1.46. The molecule has 0 radical (unpaired) electrons. The number of amides is 1. The molecule has 0 aliphatic heterocycles. The van der Waals surface area contributed by atoms with Gasteiger partial charge in [0, 0.05) is 37.4 Å². The molecule has 1 aromatic heterocycles. The third kappa shape index (κ3) is 4.02. The van der Waals surface area contributed by atoms with E-state index in [0.29, 0.717) is 24.7 Å². The molecule has 0 aromatic carbocycles. The molecule has 0 spiro atoms. The summed E-state index contributed by atoms with van der Waals surface area (Å²) in [5.41, 5.74) is 6.89. The summed E-state index contributed by atoms with van der Waals surface area (Å²) in [6.07, 6.45) is 6.87. The molecule has 0 atom stereocenters. The largest absolute Gasteiger partial charge is 0.351 e. The number of carbonyl (C=O) groups excluding carboxylic acids is 1. The number of carbonyl (C=O) groups is 1. The van der Waals surface area contributed by atoms with Crippen LogP contribution in [-0.4, -0.2) is 42.0 Å². The number of rotatable bonds is 6. The predicted molar refractivity (Wildman–Crippen MR) is 79.3 cm³/mol. The number of aromatic nitrogens is 1. The summed E-state index contributed by atoms with van der Waals surface area (Å²) in [6.45, 7) is 1.92. The van der Waals surface area contributed by atoms with Gasteiger partial charge in [-0.25, -0.2) is 0 Å². The van der Waals surface area contributed by atoms with Crippen LogP contribution in [0.25, 0.3) is 0 Å². The highest BCUT2D eigenvalue weighted by Crippen LogP contribution is 2.21. The van der Waals surface area contributed by atoms with Crippen molar-refractivity contribution in [2.75, 3.05) is 20.1 Å². The van der Waals surface area contributed by atoms with Crippen molar-refractivity contribution >= 4 is 5.91 Å². The molecule has 1 aliphatic carbocycles. The lowest BCUT2D eigenvalue weighted by atomic mass is 10.2. The van der Waals surface area contributed by atoms with Crippen molar-refractivity contribution in [2.24, 2.45) is 5.73 Å². The molecule has 1 amide bonds. The molecular weight excluding hydrogens is 252 g/mol. The Balaban J connectivity index is 1.76. The Morgan fingerprint density at radius 2 is 2.25 bits per heavy atom. The molecule has 20 heavy (non-hydrogen) atoms. The number of pyridine rings is 1. The summed E-state index contributed by atoms with van der Waals surface area (Å²) in [7, 11) is 2.14. The summed E-state index contributed by atoms with van der Waals surface area (Å²) < 4.78 is 0. The molecular formula is C15H24N4O. The molecule has 5 heteroatoms. The summed E-state index contributed by atoms with van der Waals surface area (Å²) in [5.74, 6) is -0.0538. The number of nitrogens with zero attached hydrogens (tertiary/aromatic N) is 2. The fraction of sp³-hybridized carbons (Fsp3) is 0.600. The Bertz CT molecular complexity index is 443. The van der Waals surface area contributed by atoms with Crippen molar-refractivity contribution in [1.29, 1.82) is 0 Å². The zero-order valence-corrected chi connectivity index (χ0v) is 12.1. The molecule has 5 nitrogen and oxygen atoms in total. The Morgan fingerprint density at radius 3 is 2.95 bits per heavy atom. The van der Waals surface area contributed by atoms with Crippen LogP contribution in [0.1, 0.15) is 41.7 Å². The van der Waals surface area contributed by atoms with Crippen LogP contribution in [0.2, 0.25) is 0 Å². The second kappa shape index (κ2) is 7.36. The standard InChI is InChI=1S/C15H24N4O/c1-19(14-4-2-3-5-14)9-8-18-15(20)12-6-7-17-13(10-12)11-16/h6-7,10,14H,2-5,8-9,11,16H2,1H3,(H,18,20). The van der Waals surface area contributed by atoms with Crippen molar-refractivity contribution in [3.05, 3.63) is 29.6 Å². The third-order valence-corrected chi connectivity index (χ3v) is 3.99. The number of nitrogens with two attached hydrogens (primary N) is 1. The highest BCUT2D eigenvalue weighted by Gasteiger charge is 2.19. The van der Waals surface area contributed by atoms with Gasteiger partial charge >= 0.3 is 0 Å². The molecule has 1 heterocycles. The number of hydrogen-bond acceptors (Lipinski definition) is 4. The van der Waals surface area contributed by atoms with Crippen LogP contribution in [-0.2, 0) is 6.54 Å². The molecule has 0 unspecified atom stereocenters. The first kappa shape index (κ1) is 14.9. The molecule has 1 aromatic rings. The second-order valence-electron chi connectivity index (χ2n) is 5.41. The van der Waals surface area contributed by atoms with Gasteiger partial charge in [0.2, 0.25) is 0 Å². The van der Waals surface area contributed by atoms with E-state index < -0.39 is 0 Å². The van der Waals surface area contributed by atoms with E-state index in [1.54, 1.807) is 18.3 Å². The summed E-state index contributed by atoms with van der Waals surface area (Å²) in [4.78, 5) is 18.5. The Kier molecular flexibility index (Phi) is 5.49. The smallest absolute Gasteiger partial charge is 0.251 e. The van der Waals surface area contributed by atoms with Crippen LogP contribution >= 0.6 is 0 Å². The van der Waals surface area contributed by atoms with Gasteiger partial charge in [-0.1, -0.05) is 12.8 Å². The molecule has 110 valence electrons. The SMILES string of the molecule is CN(CCNC(=O)c1ccnc(CN)c1)C1CCCC1. The lowest BCUT2D eigenvalue weighted by Gasteiger charge is -2.23. The third-order valence-electron chi connectivity index (χ3n) is 3.99. The van der Waals surface area contributed by atoms with Crippen LogP contribution in [0.15, 0.2) is 18.3 Å². The van der Waals surface area contributed by atoms with Gasteiger partial charge in [-0.15, -0.1) is 0 Å². The molecule has 1 saturated carbocycles. The summed E-state index contributed by atoms with van der Waals surface area (Å²) in [6, 6.07) is 4.15. The minimum Gasteiger partial charge on any atom is -0.351 e. The van der Waals surface area contributed by atoms with Crippen LogP contribution < -0.4 is 11.1 Å². The average molecular weight is 276 g/mol. The Morgan fingerprint density at radius 1 is 1.50 bits per heavy atom. The zero-order valence-electron chi connectivity index (χ0n) is 12.1. The van der Waals surface area contributed by atoms with Crippen molar-refractivity contribution in [1.82, 2.24) is 15.2 Å². The van der Waals surface area contributed by atoms with E-state index >= 15 is 0 Å². The average Bonchev–Trinajstić information content (AvgIpc) is 3.01. The van der Waals surface area contributed by atoms with E-state index in [0.717, 1.165) is 12.2 Å². The number of hydrogen-bond donors (Lipinski definition) is 2. The maximum atomic E-state index is 12.0. The first-order chi connectivity index (χ1) is 9.70. The number of nitrogens with one attached hydrogen (secondary N) is 1. The van der Waals surface area contributed by atoms with Crippen LogP contribution in [0.4, 0.5) is 0 Å². The van der Waals surface area contributed by atoms with E-state index in [-0.39, 0.29) is 5.91 Å². The van der Waals surface area contributed by atoms with Crippen LogP contribution in [0.3, 0.4) is 0 Å². The molecule has 0 bridgehead atoms. The van der Waals surface area contributed by atoms with Gasteiger partial charge in [0.25, 0.3) is 5.91 Å². The van der Waals surface area contributed by atoms with E-state index in [9.17, 15) is 4.79 Å². The van der Waals surface area contributed by atoms with Gasteiger partial charge in [-0.3, -0.25) is 9.78 Å². The number of likely N-dealkylation sites (N-methyl/N-ethyl adjacent to an activating group) is 1. The van der Waals surface area contributed by atoms with Gasteiger partial charge < -0.3 is 16.0 Å². The molecule has 3 N–H and O–H groups in total. The van der Waals surface area contributed by atoms with Crippen molar-refractivity contribution in [3.8, 4) is 0 Å². The molecule has 2 rings (SSSR count). The van der Waals surface area contributed by atoms with Crippen molar-refractivity contribution in [2.45, 2.75) is 38.3 Å². The fourth-order valence-corrected chi connectivity index (χ4v) is 2.71. The zero-order chi connectivity index (χ0) is 14.4. The highest BCUT2D eigenvalue weighted by atomic mass is 16.1.